The zero-order valence-electron chi connectivity index (χ0n) is 16.9. The lowest BCUT2D eigenvalue weighted by molar-refractivity contribution is -0.129. The van der Waals surface area contributed by atoms with Crippen LogP contribution in [0.25, 0.3) is 11.0 Å². The quantitative estimate of drug-likeness (QED) is 0.417. The van der Waals surface area contributed by atoms with Crippen molar-refractivity contribution in [1.29, 1.82) is 0 Å². The minimum Gasteiger partial charge on any atom is -0.476 e. The number of hydrogen-bond acceptors (Lipinski definition) is 7. The number of benzene rings is 1. The molecule has 3 atom stereocenters. The number of piperidine rings is 2. The Morgan fingerprint density at radius 1 is 1.23 bits per heavy atom. The van der Waals surface area contributed by atoms with Crippen LogP contribution in [0.4, 0.5) is 0 Å². The summed E-state index contributed by atoms with van der Waals surface area (Å²) in [5.41, 5.74) is -0.0495. The van der Waals surface area contributed by atoms with Crippen LogP contribution in [0.3, 0.4) is 0 Å². The second-order valence-corrected chi connectivity index (χ2v) is 7.96. The number of carbonyl (C=O) groups is 1. The highest BCUT2D eigenvalue weighted by molar-refractivity contribution is 6.41. The number of fused-ring (bicyclic) bond motifs is 3. The van der Waals surface area contributed by atoms with E-state index in [1.807, 2.05) is 12.1 Å². The van der Waals surface area contributed by atoms with Crippen LogP contribution in [-0.2, 0) is 9.63 Å². The molecule has 9 heteroatoms. The molecule has 0 amide bonds. The largest absolute Gasteiger partial charge is 0.476 e. The number of aliphatic carboxylic acids is 1. The highest BCUT2D eigenvalue weighted by atomic mass is 16.6. The Balaban J connectivity index is 1.85. The Labute approximate surface area is 173 Å². The van der Waals surface area contributed by atoms with Crippen molar-refractivity contribution in [2.45, 2.75) is 50.2 Å². The SMILES string of the molecule is CN1[C@@H]2CCC[C@H]1CC(n1c(=O)c(/C(=N/OCCO)C(=O)O)nc3ccccc31)C2. The predicted molar refractivity (Wildman–Crippen MR) is 111 cm³/mol. The van der Waals surface area contributed by atoms with Gasteiger partial charge in [-0.3, -0.25) is 4.79 Å². The average molecular weight is 414 g/mol. The average Bonchev–Trinajstić information content (AvgIpc) is 2.71. The number of carboxylic acids is 1. The summed E-state index contributed by atoms with van der Waals surface area (Å²) in [6.07, 6.45) is 5.07. The Morgan fingerprint density at radius 3 is 2.60 bits per heavy atom. The molecule has 2 bridgehead atoms. The Hall–Kier alpha value is -2.78. The van der Waals surface area contributed by atoms with E-state index in [0.717, 1.165) is 25.7 Å². The van der Waals surface area contributed by atoms with Gasteiger partial charge in [-0.2, -0.15) is 0 Å². The number of hydrogen-bond donors (Lipinski definition) is 2. The molecule has 2 aliphatic rings. The van der Waals surface area contributed by atoms with E-state index < -0.39 is 17.2 Å². The number of rotatable bonds is 6. The van der Waals surface area contributed by atoms with E-state index in [1.165, 1.54) is 6.42 Å². The first kappa shape index (κ1) is 20.5. The van der Waals surface area contributed by atoms with E-state index >= 15 is 0 Å². The molecule has 1 aromatic heterocycles. The van der Waals surface area contributed by atoms with E-state index in [4.69, 9.17) is 9.94 Å². The van der Waals surface area contributed by atoms with Crippen molar-refractivity contribution < 1.29 is 19.8 Å². The number of para-hydroxylation sites is 2. The van der Waals surface area contributed by atoms with Crippen LogP contribution >= 0.6 is 0 Å². The second kappa shape index (κ2) is 8.53. The van der Waals surface area contributed by atoms with Gasteiger partial charge < -0.3 is 24.5 Å². The number of aromatic nitrogens is 2. The Bertz CT molecular complexity index is 1020. The maximum absolute atomic E-state index is 13.5. The molecule has 2 aliphatic heterocycles. The lowest BCUT2D eigenvalue weighted by atomic mass is 9.82. The van der Waals surface area contributed by atoms with Crippen LogP contribution < -0.4 is 5.56 Å². The number of oxime groups is 1. The number of aliphatic hydroxyl groups excluding tert-OH is 1. The van der Waals surface area contributed by atoms with Gasteiger partial charge in [0.25, 0.3) is 5.56 Å². The molecule has 0 saturated carbocycles. The van der Waals surface area contributed by atoms with Crippen LogP contribution in [0.15, 0.2) is 34.2 Å². The molecule has 1 aromatic carbocycles. The zero-order valence-corrected chi connectivity index (χ0v) is 16.9. The molecule has 9 nitrogen and oxygen atoms in total. The topological polar surface area (TPSA) is 117 Å². The smallest absolute Gasteiger partial charge is 0.360 e. The molecule has 0 spiro atoms. The van der Waals surface area contributed by atoms with Gasteiger partial charge >= 0.3 is 5.97 Å². The van der Waals surface area contributed by atoms with Crippen molar-refractivity contribution >= 4 is 22.7 Å². The third-order valence-corrected chi connectivity index (χ3v) is 6.24. The molecule has 2 saturated heterocycles. The Morgan fingerprint density at radius 2 is 1.93 bits per heavy atom. The van der Waals surface area contributed by atoms with Crippen molar-refractivity contribution in [3.63, 3.8) is 0 Å². The number of carboxylic acid groups (broad SMARTS) is 1. The van der Waals surface area contributed by atoms with Gasteiger partial charge in [-0.25, -0.2) is 9.78 Å². The molecule has 2 fully saturated rings. The Kier molecular flexibility index (Phi) is 5.83. The van der Waals surface area contributed by atoms with Crippen LogP contribution in [0.5, 0.6) is 0 Å². The first-order valence-corrected chi connectivity index (χ1v) is 10.3. The summed E-state index contributed by atoms with van der Waals surface area (Å²) >= 11 is 0. The summed E-state index contributed by atoms with van der Waals surface area (Å²) < 4.78 is 1.71. The molecule has 4 rings (SSSR count). The van der Waals surface area contributed by atoms with Gasteiger partial charge in [-0.05, 0) is 44.9 Å². The molecular formula is C21H26N4O5. The number of aliphatic hydroxyl groups is 1. The van der Waals surface area contributed by atoms with Gasteiger partial charge in [0.2, 0.25) is 5.71 Å². The number of nitrogens with zero attached hydrogens (tertiary/aromatic N) is 4. The summed E-state index contributed by atoms with van der Waals surface area (Å²) in [6, 6.07) is 8.04. The van der Waals surface area contributed by atoms with E-state index in [-0.39, 0.29) is 24.9 Å². The predicted octanol–water partition coefficient (Wildman–Crippen LogP) is 1.38. The van der Waals surface area contributed by atoms with Crippen LogP contribution in [0.2, 0.25) is 0 Å². The third-order valence-electron chi connectivity index (χ3n) is 6.24. The second-order valence-electron chi connectivity index (χ2n) is 7.96. The van der Waals surface area contributed by atoms with E-state index in [0.29, 0.717) is 23.1 Å². The summed E-state index contributed by atoms with van der Waals surface area (Å²) in [6.45, 7) is -0.485. The normalized spacial score (nSPS) is 24.7. The van der Waals surface area contributed by atoms with Crippen molar-refractivity contribution in [1.82, 2.24) is 14.5 Å². The van der Waals surface area contributed by atoms with Crippen LogP contribution in [-0.4, -0.2) is 68.7 Å². The standard InChI is InChI=1S/C21H26N4O5/c1-24-13-5-4-6-14(24)12-15(11-13)25-17-8-3-2-7-16(17)22-18(20(25)27)19(21(28)29)23-30-10-9-26/h2-3,7-8,13-15,26H,4-6,9-12H2,1H3,(H,28,29)/b23-19-/t13-,14+,15?. The van der Waals surface area contributed by atoms with Gasteiger partial charge in [0.1, 0.15) is 6.61 Å². The molecule has 30 heavy (non-hydrogen) atoms. The third kappa shape index (κ3) is 3.70. The van der Waals surface area contributed by atoms with Gasteiger partial charge in [0.15, 0.2) is 5.69 Å². The summed E-state index contributed by atoms with van der Waals surface area (Å²) in [5, 5.41) is 22.1. The van der Waals surface area contributed by atoms with Crippen molar-refractivity contribution in [2.75, 3.05) is 20.3 Å². The molecule has 3 heterocycles. The van der Waals surface area contributed by atoms with Crippen molar-refractivity contribution in [2.24, 2.45) is 5.16 Å². The highest BCUT2D eigenvalue weighted by Crippen LogP contribution is 2.38. The fourth-order valence-electron chi connectivity index (χ4n) is 4.80. The summed E-state index contributed by atoms with van der Waals surface area (Å²) in [7, 11) is 2.15. The molecule has 0 aliphatic carbocycles. The monoisotopic (exact) mass is 414 g/mol. The fraction of sp³-hybridized carbons (Fsp3) is 0.524. The van der Waals surface area contributed by atoms with E-state index in [9.17, 15) is 14.7 Å². The summed E-state index contributed by atoms with van der Waals surface area (Å²) in [4.78, 5) is 36.9. The van der Waals surface area contributed by atoms with Crippen LogP contribution in [0.1, 0.15) is 43.8 Å². The van der Waals surface area contributed by atoms with Gasteiger partial charge in [0.05, 0.1) is 17.6 Å². The lowest BCUT2D eigenvalue weighted by Gasteiger charge is -2.47. The first-order chi connectivity index (χ1) is 14.5. The first-order valence-electron chi connectivity index (χ1n) is 10.3. The molecule has 160 valence electrons. The molecular weight excluding hydrogens is 388 g/mol. The van der Waals surface area contributed by atoms with Gasteiger partial charge in [-0.1, -0.05) is 23.7 Å². The highest BCUT2D eigenvalue weighted by Gasteiger charge is 2.38. The molecule has 2 N–H and O–H groups in total. The lowest BCUT2D eigenvalue weighted by Crippen LogP contribution is -2.51. The molecule has 0 radical (unpaired) electrons. The van der Waals surface area contributed by atoms with Crippen LogP contribution in [0, 0.1) is 0 Å². The minimum atomic E-state index is -1.40. The maximum Gasteiger partial charge on any atom is 0.360 e. The zero-order chi connectivity index (χ0) is 21.3. The van der Waals surface area contributed by atoms with E-state index in [1.54, 1.807) is 16.7 Å². The van der Waals surface area contributed by atoms with Gasteiger partial charge in [-0.15, -0.1) is 0 Å². The minimum absolute atomic E-state index is 0.0379. The molecule has 2 aromatic rings. The maximum atomic E-state index is 13.5. The van der Waals surface area contributed by atoms with Crippen molar-refractivity contribution in [3.05, 3.63) is 40.3 Å². The van der Waals surface area contributed by atoms with E-state index in [2.05, 4.69) is 22.1 Å². The van der Waals surface area contributed by atoms with Crippen molar-refractivity contribution in [3.8, 4) is 0 Å². The van der Waals surface area contributed by atoms with Gasteiger partial charge in [0, 0.05) is 18.1 Å². The summed E-state index contributed by atoms with van der Waals surface area (Å²) in [5.74, 6) is -1.40. The fourth-order valence-corrected chi connectivity index (χ4v) is 4.80. The molecule has 1 unspecified atom stereocenters.